The van der Waals surface area contributed by atoms with Crippen LogP contribution in [0.4, 0.5) is 0 Å². The lowest BCUT2D eigenvalue weighted by Gasteiger charge is -2.16. The van der Waals surface area contributed by atoms with Crippen molar-refractivity contribution in [2.24, 2.45) is 0 Å². The fraction of sp³-hybridized carbons (Fsp3) is 0. The molecule has 4 nitrogen and oxygen atoms in total. The van der Waals surface area contributed by atoms with E-state index in [2.05, 4.69) is 252 Å². The molecular formula is C62H40N4. The summed E-state index contributed by atoms with van der Waals surface area (Å²) in [7, 11) is 0. The summed E-state index contributed by atoms with van der Waals surface area (Å²) in [6.07, 6.45) is 0. The molecule has 3 aromatic heterocycles. The van der Waals surface area contributed by atoms with Crippen molar-refractivity contribution < 1.29 is 0 Å². The van der Waals surface area contributed by atoms with E-state index in [-0.39, 0.29) is 0 Å². The zero-order chi connectivity index (χ0) is 43.6. The highest BCUT2D eigenvalue weighted by molar-refractivity contribution is 6.20. The van der Waals surface area contributed by atoms with E-state index in [1.54, 1.807) is 0 Å². The van der Waals surface area contributed by atoms with Crippen molar-refractivity contribution in [2.45, 2.75) is 0 Å². The van der Waals surface area contributed by atoms with Crippen molar-refractivity contribution in [1.29, 1.82) is 0 Å². The van der Waals surface area contributed by atoms with Crippen LogP contribution in [0.5, 0.6) is 0 Å². The Morgan fingerprint density at radius 3 is 1.21 bits per heavy atom. The molecule has 0 aliphatic rings. The first-order valence-electron chi connectivity index (χ1n) is 22.5. The normalized spacial score (nSPS) is 11.6. The first-order chi connectivity index (χ1) is 32.7. The Bertz CT molecular complexity index is 3950. The van der Waals surface area contributed by atoms with Crippen molar-refractivity contribution in [3.05, 3.63) is 243 Å². The molecule has 0 unspecified atom stereocenters. The van der Waals surface area contributed by atoms with E-state index < -0.39 is 0 Å². The van der Waals surface area contributed by atoms with Crippen LogP contribution in [0.1, 0.15) is 0 Å². The number of fused-ring (bicyclic) bond motifs is 11. The maximum absolute atomic E-state index is 5.73. The summed E-state index contributed by atoms with van der Waals surface area (Å²) < 4.78 is 4.67. The van der Waals surface area contributed by atoms with Crippen LogP contribution in [-0.2, 0) is 0 Å². The molecule has 10 aromatic carbocycles. The summed E-state index contributed by atoms with van der Waals surface area (Å²) >= 11 is 0. The second-order valence-corrected chi connectivity index (χ2v) is 16.9. The zero-order valence-electron chi connectivity index (χ0n) is 35.9. The summed E-state index contributed by atoms with van der Waals surface area (Å²) in [4.78, 5) is 11.3. The van der Waals surface area contributed by atoms with Gasteiger partial charge in [-0.2, -0.15) is 0 Å². The monoisotopic (exact) mass is 840 g/mol. The number of rotatable bonds is 5. The quantitative estimate of drug-likeness (QED) is 0.173. The Hall–Kier alpha value is -8.86. The number of aromatic nitrogens is 4. The molecule has 0 atom stereocenters. The van der Waals surface area contributed by atoms with E-state index in [0.29, 0.717) is 5.95 Å². The third kappa shape index (κ3) is 6.15. The maximum atomic E-state index is 5.73. The van der Waals surface area contributed by atoms with Gasteiger partial charge < -0.3 is 4.57 Å². The highest BCUT2D eigenvalue weighted by atomic mass is 15.2. The van der Waals surface area contributed by atoms with E-state index in [1.165, 1.54) is 27.1 Å². The Morgan fingerprint density at radius 2 is 0.636 bits per heavy atom. The van der Waals surface area contributed by atoms with Gasteiger partial charge in [0.15, 0.2) is 0 Å². The van der Waals surface area contributed by atoms with Crippen molar-refractivity contribution in [3.8, 4) is 45.1 Å². The minimum absolute atomic E-state index is 0.592. The molecular weight excluding hydrogens is 801 g/mol. The van der Waals surface area contributed by atoms with Crippen molar-refractivity contribution in [3.63, 3.8) is 0 Å². The molecule has 0 amide bonds. The van der Waals surface area contributed by atoms with Crippen molar-refractivity contribution >= 4 is 76.1 Å². The molecule has 4 heteroatoms. The summed E-state index contributed by atoms with van der Waals surface area (Å²) in [6.45, 7) is 0. The molecule has 0 aliphatic carbocycles. The van der Waals surface area contributed by atoms with E-state index in [9.17, 15) is 0 Å². The molecule has 0 bridgehead atoms. The molecule has 13 rings (SSSR count). The predicted octanol–water partition coefficient (Wildman–Crippen LogP) is 16.3. The molecule has 0 saturated carbocycles. The number of hydrogen-bond donors (Lipinski definition) is 0. The van der Waals surface area contributed by atoms with Gasteiger partial charge in [-0.25, -0.2) is 9.97 Å². The van der Waals surface area contributed by atoms with Gasteiger partial charge in [0.2, 0.25) is 5.95 Å². The topological polar surface area (TPSA) is 35.6 Å². The van der Waals surface area contributed by atoms with Crippen LogP contribution in [0.15, 0.2) is 243 Å². The van der Waals surface area contributed by atoms with Gasteiger partial charge in [-0.1, -0.05) is 182 Å². The average Bonchev–Trinajstić information content (AvgIpc) is 3.74. The van der Waals surface area contributed by atoms with Crippen LogP contribution in [0, 0.1) is 0 Å². The number of benzene rings is 10. The smallest absolute Gasteiger partial charge is 0.235 e. The fourth-order valence-corrected chi connectivity index (χ4v) is 10.1. The number of hydrogen-bond acceptors (Lipinski definition) is 2. The third-order valence-corrected chi connectivity index (χ3v) is 13.2. The van der Waals surface area contributed by atoms with E-state index >= 15 is 0 Å². The minimum Gasteiger partial charge on any atom is -0.309 e. The summed E-state index contributed by atoms with van der Waals surface area (Å²) in [5.41, 5.74) is 12.8. The van der Waals surface area contributed by atoms with Gasteiger partial charge in [-0.15, -0.1) is 0 Å². The second kappa shape index (κ2) is 15.4. The molecule has 0 fully saturated rings. The molecule has 0 saturated heterocycles. The van der Waals surface area contributed by atoms with Crippen LogP contribution in [0.2, 0.25) is 0 Å². The Morgan fingerprint density at radius 1 is 0.242 bits per heavy atom. The molecule has 66 heavy (non-hydrogen) atoms. The molecule has 13 aromatic rings. The van der Waals surface area contributed by atoms with Crippen molar-refractivity contribution in [1.82, 2.24) is 19.1 Å². The number of nitrogens with zero attached hydrogens (tertiary/aromatic N) is 4. The lowest BCUT2D eigenvalue weighted by Crippen LogP contribution is -2.06. The van der Waals surface area contributed by atoms with Crippen molar-refractivity contribution in [2.75, 3.05) is 0 Å². The van der Waals surface area contributed by atoms with E-state index in [0.717, 1.165) is 88.2 Å². The first-order valence-corrected chi connectivity index (χ1v) is 22.5. The first kappa shape index (κ1) is 37.7. The van der Waals surface area contributed by atoms with Crippen LogP contribution < -0.4 is 0 Å². The van der Waals surface area contributed by atoms with Gasteiger partial charge in [0.05, 0.1) is 33.3 Å². The van der Waals surface area contributed by atoms with Gasteiger partial charge >= 0.3 is 0 Å². The van der Waals surface area contributed by atoms with Gasteiger partial charge in [0, 0.05) is 38.2 Å². The van der Waals surface area contributed by atoms with Gasteiger partial charge in [-0.3, -0.25) is 4.57 Å². The third-order valence-electron chi connectivity index (χ3n) is 13.2. The van der Waals surface area contributed by atoms with E-state index in [4.69, 9.17) is 9.97 Å². The molecule has 0 aliphatic heterocycles. The van der Waals surface area contributed by atoms with Gasteiger partial charge in [-0.05, 0) is 104 Å². The summed E-state index contributed by atoms with van der Waals surface area (Å²) in [5.74, 6) is 0.592. The standard InChI is InChI=1S/C62H40N4/c1-4-18-41(19-5-1)43-32-35-59-53(38-43)49-26-12-10-24-47(49)48-25-11-13-27-50(48)54-39-44(42-20-6-2-7-21-42)33-36-60(54)66(59)62-63-56-30-16-14-29-52(56)61(64-62)45-34-37-58-55(40-45)51-28-15-17-31-57(51)65(58)46-22-8-3-9-23-46/h1-40H. The second-order valence-electron chi connectivity index (χ2n) is 16.9. The average molecular weight is 841 g/mol. The zero-order valence-corrected chi connectivity index (χ0v) is 35.9. The lowest BCUT2D eigenvalue weighted by atomic mass is 9.98. The Kier molecular flexibility index (Phi) is 8.81. The minimum atomic E-state index is 0.592. The van der Waals surface area contributed by atoms with E-state index in [1.807, 2.05) is 0 Å². The fourth-order valence-electron chi connectivity index (χ4n) is 10.1. The molecule has 0 radical (unpaired) electrons. The Labute approximate surface area is 381 Å². The van der Waals surface area contributed by atoms with Gasteiger partial charge in [0.25, 0.3) is 0 Å². The highest BCUT2D eigenvalue weighted by Gasteiger charge is 2.19. The maximum Gasteiger partial charge on any atom is 0.235 e. The summed E-state index contributed by atoms with van der Waals surface area (Å²) in [5, 5.41) is 10.2. The largest absolute Gasteiger partial charge is 0.309 e. The predicted molar refractivity (Wildman–Crippen MR) is 277 cm³/mol. The summed E-state index contributed by atoms with van der Waals surface area (Å²) in [6, 6.07) is 87.2. The van der Waals surface area contributed by atoms with Crippen LogP contribution in [0.3, 0.4) is 0 Å². The van der Waals surface area contributed by atoms with Crippen LogP contribution in [0.25, 0.3) is 121 Å². The van der Waals surface area contributed by atoms with Crippen LogP contribution in [-0.4, -0.2) is 19.1 Å². The van der Waals surface area contributed by atoms with Crippen LogP contribution >= 0.6 is 0 Å². The molecule has 308 valence electrons. The number of para-hydroxylation sites is 3. The molecule has 3 heterocycles. The molecule has 0 N–H and O–H groups in total. The Balaban J connectivity index is 1.19. The SMILES string of the molecule is c1ccc(-c2ccc3c(c2)c2ccccc2c2ccccc2c2cc(-c4ccccc4)ccc2n3-c2nc(-c3ccc4c(c3)c3ccccc3n4-c3ccccc3)c3ccccc3n2)cc1. The molecule has 0 spiro atoms. The highest BCUT2D eigenvalue weighted by Crippen LogP contribution is 2.40. The van der Waals surface area contributed by atoms with Gasteiger partial charge in [0.1, 0.15) is 0 Å². The lowest BCUT2D eigenvalue weighted by molar-refractivity contribution is 1.01.